The maximum absolute atomic E-state index is 2.50. The van der Waals surface area contributed by atoms with E-state index >= 15 is 0 Å². The molecule has 0 bridgehead atoms. The molecule has 0 nitrogen and oxygen atoms in total. The van der Waals surface area contributed by atoms with Crippen LogP contribution in [-0.4, -0.2) is 11.0 Å². The van der Waals surface area contributed by atoms with Crippen molar-refractivity contribution in [3.8, 4) is 0 Å². The third-order valence-electron chi connectivity index (χ3n) is 3.54. The largest absolute Gasteiger partial charge is 2.00 e. The predicted molar refractivity (Wildman–Crippen MR) is 75.6 cm³/mol. The van der Waals surface area contributed by atoms with Gasteiger partial charge in [-0.05, 0) is 31.2 Å². The molecule has 2 atom stereocenters. The summed E-state index contributed by atoms with van der Waals surface area (Å²) in [5, 5.41) is 3.26. The average molecular weight is 390 g/mol. The van der Waals surface area contributed by atoms with Crippen molar-refractivity contribution >= 4 is 12.8 Å². The van der Waals surface area contributed by atoms with E-state index in [9.17, 15) is 0 Å². The van der Waals surface area contributed by atoms with Crippen molar-refractivity contribution in [2.45, 2.75) is 25.9 Å². The van der Waals surface area contributed by atoms with Gasteiger partial charge in [-0.25, -0.2) is 0 Å². The topological polar surface area (TPSA) is 0 Å². The van der Waals surface area contributed by atoms with Crippen LogP contribution in [0.1, 0.15) is 20.3 Å². The molecular weight excluding hydrogens is 373 g/mol. The van der Waals surface area contributed by atoms with Gasteiger partial charge < -0.3 is 24.8 Å². The summed E-state index contributed by atoms with van der Waals surface area (Å²) in [5.74, 6) is 0. The Balaban J connectivity index is 0.00000108. The zero-order valence-electron chi connectivity index (χ0n) is 11.1. The van der Waals surface area contributed by atoms with Crippen molar-refractivity contribution < 1.29 is 51.0 Å². The van der Waals surface area contributed by atoms with E-state index in [0.717, 1.165) is 6.42 Å². The van der Waals surface area contributed by atoms with Crippen LogP contribution >= 0.6 is 7.55 Å². The zero-order valence-corrected chi connectivity index (χ0v) is 16.1. The molecule has 2 aliphatic carbocycles. The number of hydrogen-bond donors (Lipinski definition) is 0. The van der Waals surface area contributed by atoms with Crippen molar-refractivity contribution in [2.24, 2.45) is 0 Å². The predicted octanol–water partition coefficient (Wildman–Crippen LogP) is -1.93. The van der Waals surface area contributed by atoms with E-state index in [0.29, 0.717) is 5.66 Å². The second-order valence-electron chi connectivity index (χ2n) is 4.83. The first kappa shape index (κ1) is 19.5. The Morgan fingerprint density at radius 2 is 1.89 bits per heavy atom. The molecule has 0 aromatic heterocycles. The first-order valence-corrected chi connectivity index (χ1v) is 7.49. The summed E-state index contributed by atoms with van der Waals surface area (Å²) in [5.41, 5.74) is 3.82. The molecule has 0 amide bonds. The van der Waals surface area contributed by atoms with Gasteiger partial charge in [-0.2, -0.15) is 0 Å². The monoisotopic (exact) mass is 388 g/mol. The minimum atomic E-state index is -0.511. The van der Waals surface area contributed by atoms with Crippen molar-refractivity contribution in [1.82, 2.24) is 0 Å². The van der Waals surface area contributed by atoms with Gasteiger partial charge in [0.2, 0.25) is 0 Å². The Bertz CT molecular complexity index is 532. The molecule has 0 saturated heterocycles. The molecule has 0 aromatic carbocycles. The molecule has 0 aromatic rings. The van der Waals surface area contributed by atoms with Gasteiger partial charge in [0.05, 0.1) is 0 Å². The first-order chi connectivity index (χ1) is 7.77. The van der Waals surface area contributed by atoms with Crippen LogP contribution in [0.2, 0.25) is 0 Å². The number of fused-ring (bicyclic) bond motifs is 1. The molecule has 0 radical (unpaired) electrons. The minimum absolute atomic E-state index is 0. The van der Waals surface area contributed by atoms with Crippen LogP contribution in [0.25, 0.3) is 0 Å². The van der Waals surface area contributed by atoms with Gasteiger partial charge in [0.15, 0.2) is 0 Å². The standard InChI is InChI=1S/C15H17P.2ClH.Zr/c1-11(2)16-14-9-5-8-13(14)10-15(16)12-6-3-4-7-12;;;/h3-6,8-10,15-16H,7H2,1-2H3;2*1H;/q;;;+2/p-2. The second kappa shape index (κ2) is 8.04. The van der Waals surface area contributed by atoms with Crippen LogP contribution in [0.15, 0.2) is 59.0 Å². The number of hydrogen-bond acceptors (Lipinski definition) is 0. The fraction of sp³-hybridized carbons (Fsp3) is 0.267. The SMILES string of the molecule is CC(C)=[PH]1C2=CC=CC2=CC1C1=CC=CC1.[Cl-].[Cl-].[Zr+2]. The van der Waals surface area contributed by atoms with E-state index < -0.39 is 7.55 Å². The van der Waals surface area contributed by atoms with Crippen LogP contribution in [0.5, 0.6) is 0 Å². The fourth-order valence-corrected chi connectivity index (χ4v) is 6.00. The summed E-state index contributed by atoms with van der Waals surface area (Å²) >= 11 is 0. The Morgan fingerprint density at radius 3 is 2.47 bits per heavy atom. The van der Waals surface area contributed by atoms with Gasteiger partial charge in [0.1, 0.15) is 0 Å². The van der Waals surface area contributed by atoms with Gasteiger partial charge in [0, 0.05) is 5.66 Å². The third kappa shape index (κ3) is 3.57. The summed E-state index contributed by atoms with van der Waals surface area (Å²) in [6, 6.07) is 0. The molecule has 19 heavy (non-hydrogen) atoms. The van der Waals surface area contributed by atoms with Crippen LogP contribution in [0.4, 0.5) is 0 Å². The molecule has 3 aliphatic rings. The molecule has 1 aliphatic heterocycles. The van der Waals surface area contributed by atoms with Crippen molar-refractivity contribution in [1.29, 1.82) is 0 Å². The average Bonchev–Trinajstić information content (AvgIpc) is 2.92. The molecule has 0 N–H and O–H groups in total. The van der Waals surface area contributed by atoms with E-state index in [-0.39, 0.29) is 51.0 Å². The van der Waals surface area contributed by atoms with Crippen LogP contribution in [0.3, 0.4) is 0 Å². The van der Waals surface area contributed by atoms with Gasteiger partial charge in [-0.3, -0.25) is 0 Å². The maximum atomic E-state index is 2.50. The molecule has 3 rings (SSSR count). The number of rotatable bonds is 1. The third-order valence-corrected chi connectivity index (χ3v) is 6.81. The second-order valence-corrected chi connectivity index (χ2v) is 7.81. The van der Waals surface area contributed by atoms with Crippen LogP contribution in [0, 0.1) is 0 Å². The Morgan fingerprint density at radius 1 is 1.16 bits per heavy atom. The minimum Gasteiger partial charge on any atom is -1.00 e. The smallest absolute Gasteiger partial charge is 1.00 e. The van der Waals surface area contributed by atoms with Gasteiger partial charge in [-0.15, -0.1) is 0 Å². The molecule has 0 spiro atoms. The quantitative estimate of drug-likeness (QED) is 0.458. The van der Waals surface area contributed by atoms with Gasteiger partial charge >= 0.3 is 26.2 Å². The fourth-order valence-electron chi connectivity index (χ4n) is 2.82. The summed E-state index contributed by atoms with van der Waals surface area (Å²) in [6.07, 6.45) is 17.3. The molecule has 100 valence electrons. The number of allylic oxidation sites excluding steroid dienone is 10. The van der Waals surface area contributed by atoms with E-state index in [2.05, 4.69) is 56.4 Å². The molecular formula is C15H17Cl2PZr. The Kier molecular flexibility index (Phi) is 8.24. The molecule has 1 heterocycles. The van der Waals surface area contributed by atoms with E-state index in [1.165, 1.54) is 5.57 Å². The number of halogens is 2. The Hall–Kier alpha value is 0.463. The summed E-state index contributed by atoms with van der Waals surface area (Å²) in [6.45, 7) is 4.61. The Labute approximate surface area is 148 Å². The molecule has 0 saturated carbocycles. The zero-order chi connectivity index (χ0) is 11.1. The van der Waals surface area contributed by atoms with Crippen LogP contribution in [-0.2, 0) is 26.2 Å². The maximum Gasteiger partial charge on any atom is 2.00 e. The molecule has 4 heteroatoms. The van der Waals surface area contributed by atoms with Gasteiger partial charge in [0.25, 0.3) is 0 Å². The normalized spacial score (nSPS) is 25.5. The summed E-state index contributed by atoms with van der Waals surface area (Å²) in [4.78, 5) is 0. The van der Waals surface area contributed by atoms with E-state index in [4.69, 9.17) is 0 Å². The van der Waals surface area contributed by atoms with Crippen LogP contribution < -0.4 is 24.8 Å². The van der Waals surface area contributed by atoms with Crippen molar-refractivity contribution in [2.75, 3.05) is 0 Å². The summed E-state index contributed by atoms with van der Waals surface area (Å²) < 4.78 is 0. The van der Waals surface area contributed by atoms with Crippen molar-refractivity contribution in [3.05, 3.63) is 59.0 Å². The molecule has 0 fully saturated rings. The van der Waals surface area contributed by atoms with E-state index in [1.54, 1.807) is 16.2 Å². The molecule has 2 unspecified atom stereocenters. The van der Waals surface area contributed by atoms with Crippen molar-refractivity contribution in [3.63, 3.8) is 0 Å². The van der Waals surface area contributed by atoms with Gasteiger partial charge in [-0.1, -0.05) is 60.9 Å². The summed E-state index contributed by atoms with van der Waals surface area (Å²) in [7, 11) is -0.511. The first-order valence-electron chi connectivity index (χ1n) is 5.91. The van der Waals surface area contributed by atoms with E-state index in [1.807, 2.05) is 0 Å².